The number of hydrogen-bond acceptors (Lipinski definition) is 3. The minimum absolute atomic E-state index is 0.00454. The van der Waals surface area contributed by atoms with Crippen molar-refractivity contribution >= 4 is 11.7 Å². The molecule has 1 atom stereocenters. The number of likely N-dealkylation sites (tertiary alicyclic amines) is 1. The van der Waals surface area contributed by atoms with E-state index in [9.17, 15) is 9.59 Å². The summed E-state index contributed by atoms with van der Waals surface area (Å²) in [5.41, 5.74) is 0. The van der Waals surface area contributed by atoms with Gasteiger partial charge in [0.2, 0.25) is 5.91 Å². The van der Waals surface area contributed by atoms with Crippen LogP contribution in [0.15, 0.2) is 0 Å². The molecular formula is C12H22N2O2. The minimum atomic E-state index is -0.0973. The van der Waals surface area contributed by atoms with Crippen LogP contribution in [0.25, 0.3) is 0 Å². The first-order chi connectivity index (χ1) is 7.41. The van der Waals surface area contributed by atoms with Crippen molar-refractivity contribution in [1.29, 1.82) is 0 Å². The maximum Gasteiger partial charge on any atom is 0.240 e. The number of carbonyl (C=O) groups excluding carboxylic acids is 2. The molecule has 1 heterocycles. The van der Waals surface area contributed by atoms with Crippen molar-refractivity contribution in [2.45, 2.75) is 46.2 Å². The van der Waals surface area contributed by atoms with Crippen LogP contribution in [-0.2, 0) is 9.59 Å². The molecule has 0 bridgehead atoms. The van der Waals surface area contributed by atoms with E-state index in [0.29, 0.717) is 12.6 Å². The van der Waals surface area contributed by atoms with Crippen LogP contribution in [0.1, 0.15) is 34.1 Å². The first kappa shape index (κ1) is 13.2. The van der Waals surface area contributed by atoms with Gasteiger partial charge in [0.1, 0.15) is 0 Å². The second-order valence-corrected chi connectivity index (χ2v) is 5.04. The Hall–Kier alpha value is -0.900. The molecule has 1 unspecified atom stereocenters. The molecule has 0 radical (unpaired) electrons. The van der Waals surface area contributed by atoms with Crippen molar-refractivity contribution in [2.24, 2.45) is 5.92 Å². The predicted molar refractivity (Wildman–Crippen MR) is 63.1 cm³/mol. The SMILES string of the molecule is CC(C)NC1CCN(CC(=O)C(C)C)C1=O. The molecule has 1 N–H and O–H groups in total. The molecule has 0 aliphatic carbocycles. The number of hydrogen-bond donors (Lipinski definition) is 1. The van der Waals surface area contributed by atoms with E-state index in [0.717, 1.165) is 6.42 Å². The molecule has 92 valence electrons. The molecule has 1 fully saturated rings. The summed E-state index contributed by atoms with van der Waals surface area (Å²) in [5.74, 6) is 0.214. The molecular weight excluding hydrogens is 204 g/mol. The summed E-state index contributed by atoms with van der Waals surface area (Å²) in [6.07, 6.45) is 0.808. The number of nitrogens with zero attached hydrogens (tertiary/aromatic N) is 1. The standard InChI is InChI=1S/C12H22N2O2/c1-8(2)11(15)7-14-6-5-10(12(14)16)13-9(3)4/h8-10,13H,5-7H2,1-4H3. The highest BCUT2D eigenvalue weighted by molar-refractivity contribution is 5.90. The average molecular weight is 226 g/mol. The van der Waals surface area contributed by atoms with Crippen molar-refractivity contribution in [3.8, 4) is 0 Å². The average Bonchev–Trinajstić information content (AvgIpc) is 2.49. The molecule has 0 aromatic rings. The van der Waals surface area contributed by atoms with Gasteiger partial charge in [-0.25, -0.2) is 0 Å². The molecule has 1 rings (SSSR count). The predicted octanol–water partition coefficient (Wildman–Crippen LogP) is 0.810. The maximum atomic E-state index is 11.9. The fourth-order valence-electron chi connectivity index (χ4n) is 1.82. The molecule has 4 heteroatoms. The summed E-state index contributed by atoms with van der Waals surface area (Å²) in [6, 6.07) is 0.203. The number of amides is 1. The van der Waals surface area contributed by atoms with Gasteiger partial charge in [0, 0.05) is 18.5 Å². The summed E-state index contributed by atoms with van der Waals surface area (Å²) in [6.45, 7) is 8.75. The first-order valence-corrected chi connectivity index (χ1v) is 5.99. The second kappa shape index (κ2) is 5.43. The number of rotatable bonds is 5. The highest BCUT2D eigenvalue weighted by Crippen LogP contribution is 2.12. The van der Waals surface area contributed by atoms with Crippen molar-refractivity contribution in [1.82, 2.24) is 10.2 Å². The van der Waals surface area contributed by atoms with Crippen LogP contribution in [0.2, 0.25) is 0 Å². The monoisotopic (exact) mass is 226 g/mol. The fraction of sp³-hybridized carbons (Fsp3) is 0.833. The van der Waals surface area contributed by atoms with Gasteiger partial charge in [0.15, 0.2) is 5.78 Å². The Kier molecular flexibility index (Phi) is 4.47. The van der Waals surface area contributed by atoms with E-state index in [1.165, 1.54) is 0 Å². The van der Waals surface area contributed by atoms with E-state index in [4.69, 9.17) is 0 Å². The summed E-state index contributed by atoms with van der Waals surface area (Å²) in [4.78, 5) is 25.1. The molecule has 1 amide bonds. The van der Waals surface area contributed by atoms with E-state index in [1.807, 2.05) is 27.7 Å². The second-order valence-electron chi connectivity index (χ2n) is 5.04. The number of Topliss-reactive ketones (excluding diaryl/α,β-unsaturated/α-hetero) is 1. The molecule has 1 saturated heterocycles. The Morgan fingerprint density at radius 3 is 2.56 bits per heavy atom. The Morgan fingerprint density at radius 1 is 1.44 bits per heavy atom. The van der Waals surface area contributed by atoms with Gasteiger partial charge in [0.05, 0.1) is 12.6 Å². The first-order valence-electron chi connectivity index (χ1n) is 5.99. The Bertz CT molecular complexity index is 274. The number of ketones is 1. The van der Waals surface area contributed by atoms with Crippen LogP contribution in [0, 0.1) is 5.92 Å². The van der Waals surface area contributed by atoms with E-state index in [1.54, 1.807) is 4.90 Å². The van der Waals surface area contributed by atoms with E-state index >= 15 is 0 Å². The molecule has 0 aromatic heterocycles. The topological polar surface area (TPSA) is 49.4 Å². The van der Waals surface area contributed by atoms with Crippen LogP contribution in [0.3, 0.4) is 0 Å². The lowest BCUT2D eigenvalue weighted by Gasteiger charge is -2.18. The highest BCUT2D eigenvalue weighted by Gasteiger charge is 2.32. The van der Waals surface area contributed by atoms with Crippen molar-refractivity contribution in [3.63, 3.8) is 0 Å². The van der Waals surface area contributed by atoms with Crippen molar-refractivity contribution in [3.05, 3.63) is 0 Å². The molecule has 0 saturated carbocycles. The van der Waals surface area contributed by atoms with E-state index in [2.05, 4.69) is 5.32 Å². The maximum absolute atomic E-state index is 11.9. The van der Waals surface area contributed by atoms with Crippen LogP contribution in [0.5, 0.6) is 0 Å². The third-order valence-corrected chi connectivity index (χ3v) is 2.82. The summed E-state index contributed by atoms with van der Waals surface area (Å²) >= 11 is 0. The Labute approximate surface area is 97.4 Å². The zero-order valence-corrected chi connectivity index (χ0v) is 10.6. The summed E-state index contributed by atoms with van der Waals surface area (Å²) in [7, 11) is 0. The summed E-state index contributed by atoms with van der Waals surface area (Å²) in [5, 5.41) is 3.22. The third kappa shape index (κ3) is 3.30. The third-order valence-electron chi connectivity index (χ3n) is 2.82. The molecule has 4 nitrogen and oxygen atoms in total. The van der Waals surface area contributed by atoms with E-state index < -0.39 is 0 Å². The largest absolute Gasteiger partial charge is 0.334 e. The lowest BCUT2D eigenvalue weighted by atomic mass is 10.1. The summed E-state index contributed by atoms with van der Waals surface area (Å²) < 4.78 is 0. The van der Waals surface area contributed by atoms with Gasteiger partial charge >= 0.3 is 0 Å². The van der Waals surface area contributed by atoms with Gasteiger partial charge in [-0.1, -0.05) is 27.7 Å². The van der Waals surface area contributed by atoms with Gasteiger partial charge in [-0.05, 0) is 6.42 Å². The Balaban J connectivity index is 2.48. The molecule has 0 spiro atoms. The lowest BCUT2D eigenvalue weighted by molar-refractivity contribution is -0.134. The van der Waals surface area contributed by atoms with Crippen molar-refractivity contribution in [2.75, 3.05) is 13.1 Å². The van der Waals surface area contributed by atoms with Gasteiger partial charge in [0.25, 0.3) is 0 Å². The molecule has 16 heavy (non-hydrogen) atoms. The highest BCUT2D eigenvalue weighted by atomic mass is 16.2. The van der Waals surface area contributed by atoms with Crippen molar-refractivity contribution < 1.29 is 9.59 Å². The molecule has 1 aliphatic heterocycles. The van der Waals surface area contributed by atoms with Gasteiger partial charge < -0.3 is 10.2 Å². The zero-order valence-electron chi connectivity index (χ0n) is 10.6. The number of nitrogens with one attached hydrogen (secondary N) is 1. The van der Waals surface area contributed by atoms with Gasteiger partial charge in [-0.15, -0.1) is 0 Å². The smallest absolute Gasteiger partial charge is 0.240 e. The van der Waals surface area contributed by atoms with Crippen LogP contribution in [-0.4, -0.2) is 41.8 Å². The zero-order chi connectivity index (χ0) is 12.3. The Morgan fingerprint density at radius 2 is 2.06 bits per heavy atom. The van der Waals surface area contributed by atoms with E-state index in [-0.39, 0.29) is 30.2 Å². The van der Waals surface area contributed by atoms with Gasteiger partial charge in [-0.2, -0.15) is 0 Å². The number of carbonyl (C=O) groups is 2. The molecule has 1 aliphatic rings. The quantitative estimate of drug-likeness (QED) is 0.754. The van der Waals surface area contributed by atoms with Gasteiger partial charge in [-0.3, -0.25) is 9.59 Å². The normalized spacial score (nSPS) is 21.2. The van der Waals surface area contributed by atoms with Crippen LogP contribution in [0.4, 0.5) is 0 Å². The fourth-order valence-corrected chi connectivity index (χ4v) is 1.82. The van der Waals surface area contributed by atoms with Crippen LogP contribution >= 0.6 is 0 Å². The molecule has 0 aromatic carbocycles. The van der Waals surface area contributed by atoms with Crippen LogP contribution < -0.4 is 5.32 Å². The minimum Gasteiger partial charge on any atom is -0.334 e. The lowest BCUT2D eigenvalue weighted by Crippen LogP contribution is -2.43.